The first-order valence-electron chi connectivity index (χ1n) is 5.49. The lowest BCUT2D eigenvalue weighted by molar-refractivity contribution is -0.138. The first-order chi connectivity index (χ1) is 8.17. The van der Waals surface area contributed by atoms with Crippen molar-refractivity contribution < 1.29 is 22.8 Å². The van der Waals surface area contributed by atoms with Crippen molar-refractivity contribution in [2.45, 2.75) is 26.1 Å². The molecule has 0 bridgehead atoms. The van der Waals surface area contributed by atoms with Crippen LogP contribution in [-0.4, -0.2) is 55.6 Å². The molecule has 5 nitrogen and oxygen atoms in total. The topological polar surface area (TPSA) is 61.4 Å². The van der Waals surface area contributed by atoms with Crippen molar-refractivity contribution in [1.29, 1.82) is 0 Å². The summed E-state index contributed by atoms with van der Waals surface area (Å²) in [5, 5.41) is 4.27. The standard InChI is InChI=1S/C10H18F3N3O2/c1-4-16(3)9(18)7(2)14-5-8(17)15-6-10(11,12)13/h7,14H,4-6H2,1-3H3,(H,15,17). The molecule has 106 valence electrons. The van der Waals surface area contributed by atoms with Crippen LogP contribution in [-0.2, 0) is 9.59 Å². The Morgan fingerprint density at radius 1 is 1.33 bits per heavy atom. The summed E-state index contributed by atoms with van der Waals surface area (Å²) < 4.78 is 35.4. The van der Waals surface area contributed by atoms with E-state index in [1.807, 2.05) is 0 Å². The van der Waals surface area contributed by atoms with Crippen LogP contribution in [0.2, 0.25) is 0 Å². The molecule has 2 amide bonds. The Bertz CT molecular complexity index is 295. The maximum Gasteiger partial charge on any atom is 0.405 e. The van der Waals surface area contributed by atoms with Gasteiger partial charge in [0.25, 0.3) is 0 Å². The smallest absolute Gasteiger partial charge is 0.346 e. The second kappa shape index (κ2) is 7.20. The molecule has 18 heavy (non-hydrogen) atoms. The van der Waals surface area contributed by atoms with Gasteiger partial charge in [-0.2, -0.15) is 13.2 Å². The number of carbonyl (C=O) groups is 2. The minimum atomic E-state index is -4.43. The molecule has 0 spiro atoms. The zero-order valence-corrected chi connectivity index (χ0v) is 10.6. The second-order valence-corrected chi connectivity index (χ2v) is 3.85. The van der Waals surface area contributed by atoms with Gasteiger partial charge in [-0.1, -0.05) is 0 Å². The fraction of sp³-hybridized carbons (Fsp3) is 0.800. The van der Waals surface area contributed by atoms with Gasteiger partial charge in [-0.15, -0.1) is 0 Å². The lowest BCUT2D eigenvalue weighted by Gasteiger charge is -2.20. The van der Waals surface area contributed by atoms with Gasteiger partial charge in [0.05, 0.1) is 12.6 Å². The summed E-state index contributed by atoms with van der Waals surface area (Å²) in [7, 11) is 1.60. The number of halogens is 3. The Hall–Kier alpha value is -1.31. The Morgan fingerprint density at radius 3 is 2.33 bits per heavy atom. The highest BCUT2D eigenvalue weighted by molar-refractivity contribution is 5.83. The van der Waals surface area contributed by atoms with Gasteiger partial charge >= 0.3 is 6.18 Å². The van der Waals surface area contributed by atoms with Crippen LogP contribution in [0.4, 0.5) is 13.2 Å². The summed E-state index contributed by atoms with van der Waals surface area (Å²) in [5.41, 5.74) is 0. The molecule has 0 rings (SSSR count). The molecule has 2 N–H and O–H groups in total. The van der Waals surface area contributed by atoms with Crippen LogP contribution in [0.15, 0.2) is 0 Å². The van der Waals surface area contributed by atoms with E-state index in [1.54, 1.807) is 26.2 Å². The molecule has 1 atom stereocenters. The van der Waals surface area contributed by atoms with Crippen LogP contribution in [0, 0.1) is 0 Å². The van der Waals surface area contributed by atoms with Crippen LogP contribution < -0.4 is 10.6 Å². The Morgan fingerprint density at radius 2 is 1.89 bits per heavy atom. The molecular weight excluding hydrogens is 251 g/mol. The molecule has 0 aromatic heterocycles. The predicted octanol–water partition coefficient (Wildman–Crippen LogP) is 0.121. The van der Waals surface area contributed by atoms with Crippen LogP contribution in [0.3, 0.4) is 0 Å². The van der Waals surface area contributed by atoms with Crippen LogP contribution >= 0.6 is 0 Å². The summed E-state index contributed by atoms with van der Waals surface area (Å²) in [6, 6.07) is -0.619. The average Bonchev–Trinajstić information content (AvgIpc) is 2.30. The van der Waals surface area contributed by atoms with Crippen molar-refractivity contribution >= 4 is 11.8 Å². The molecule has 0 aromatic carbocycles. The largest absolute Gasteiger partial charge is 0.405 e. The molecule has 0 radical (unpaired) electrons. The normalized spacial score (nSPS) is 13.0. The third kappa shape index (κ3) is 7.10. The minimum Gasteiger partial charge on any atom is -0.346 e. The van der Waals surface area contributed by atoms with Crippen molar-refractivity contribution in [2.24, 2.45) is 0 Å². The van der Waals surface area contributed by atoms with Crippen molar-refractivity contribution in [1.82, 2.24) is 15.5 Å². The molecule has 0 aliphatic heterocycles. The van der Waals surface area contributed by atoms with Gasteiger partial charge < -0.3 is 10.2 Å². The highest BCUT2D eigenvalue weighted by Crippen LogP contribution is 2.11. The summed E-state index contributed by atoms with van der Waals surface area (Å²) in [6.45, 7) is 2.16. The number of alkyl halides is 3. The second-order valence-electron chi connectivity index (χ2n) is 3.85. The quantitative estimate of drug-likeness (QED) is 0.720. The molecule has 8 heteroatoms. The molecule has 0 saturated carbocycles. The molecule has 0 saturated heterocycles. The average molecular weight is 269 g/mol. The Labute approximate surface area is 104 Å². The van der Waals surface area contributed by atoms with Crippen LogP contribution in [0.25, 0.3) is 0 Å². The van der Waals surface area contributed by atoms with Gasteiger partial charge in [-0.25, -0.2) is 0 Å². The maximum atomic E-state index is 11.8. The third-order valence-corrected chi connectivity index (χ3v) is 2.28. The van der Waals surface area contributed by atoms with Gasteiger partial charge in [-0.3, -0.25) is 14.9 Å². The number of nitrogens with one attached hydrogen (secondary N) is 2. The summed E-state index contributed by atoms with van der Waals surface area (Å²) in [5.74, 6) is -1.02. The Kier molecular flexibility index (Phi) is 6.67. The van der Waals surface area contributed by atoms with E-state index in [1.165, 1.54) is 4.90 Å². The highest BCUT2D eigenvalue weighted by Gasteiger charge is 2.27. The number of hydrogen-bond donors (Lipinski definition) is 2. The Balaban J connectivity index is 3.95. The minimum absolute atomic E-state index is 0.221. The number of amides is 2. The predicted molar refractivity (Wildman–Crippen MR) is 59.8 cm³/mol. The first-order valence-corrected chi connectivity index (χ1v) is 5.49. The van der Waals surface area contributed by atoms with E-state index in [9.17, 15) is 22.8 Å². The number of rotatable bonds is 6. The molecular formula is C10H18F3N3O2. The van der Waals surface area contributed by atoms with Crippen molar-refractivity contribution in [3.63, 3.8) is 0 Å². The fourth-order valence-corrected chi connectivity index (χ4v) is 1.08. The van der Waals surface area contributed by atoms with Gasteiger partial charge in [0.2, 0.25) is 11.8 Å². The summed E-state index contributed by atoms with van der Waals surface area (Å²) >= 11 is 0. The lowest BCUT2D eigenvalue weighted by Crippen LogP contribution is -2.47. The number of nitrogens with zero attached hydrogens (tertiary/aromatic N) is 1. The van der Waals surface area contributed by atoms with E-state index >= 15 is 0 Å². The van der Waals surface area contributed by atoms with Crippen molar-refractivity contribution in [3.8, 4) is 0 Å². The highest BCUT2D eigenvalue weighted by atomic mass is 19.4. The van der Waals surface area contributed by atoms with Gasteiger partial charge in [-0.05, 0) is 13.8 Å². The monoisotopic (exact) mass is 269 g/mol. The summed E-state index contributed by atoms with van der Waals surface area (Å²) in [6.07, 6.45) is -4.43. The molecule has 0 aliphatic carbocycles. The van der Waals surface area contributed by atoms with E-state index in [-0.39, 0.29) is 12.5 Å². The zero-order chi connectivity index (χ0) is 14.3. The lowest BCUT2D eigenvalue weighted by atomic mass is 10.3. The maximum absolute atomic E-state index is 11.8. The summed E-state index contributed by atoms with van der Waals surface area (Å²) in [4.78, 5) is 24.1. The van der Waals surface area contributed by atoms with E-state index in [0.717, 1.165) is 0 Å². The first kappa shape index (κ1) is 16.7. The van der Waals surface area contributed by atoms with E-state index < -0.39 is 24.7 Å². The van der Waals surface area contributed by atoms with Crippen LogP contribution in [0.5, 0.6) is 0 Å². The van der Waals surface area contributed by atoms with E-state index in [0.29, 0.717) is 6.54 Å². The van der Waals surface area contributed by atoms with Gasteiger partial charge in [0.15, 0.2) is 0 Å². The third-order valence-electron chi connectivity index (χ3n) is 2.28. The van der Waals surface area contributed by atoms with Crippen LogP contribution in [0.1, 0.15) is 13.8 Å². The van der Waals surface area contributed by atoms with Gasteiger partial charge in [0.1, 0.15) is 6.54 Å². The van der Waals surface area contributed by atoms with E-state index in [2.05, 4.69) is 5.32 Å². The SMILES string of the molecule is CCN(C)C(=O)C(C)NCC(=O)NCC(F)(F)F. The number of hydrogen-bond acceptors (Lipinski definition) is 3. The van der Waals surface area contributed by atoms with E-state index in [4.69, 9.17) is 0 Å². The zero-order valence-electron chi connectivity index (χ0n) is 10.6. The number of likely N-dealkylation sites (N-methyl/N-ethyl adjacent to an activating group) is 1. The van der Waals surface area contributed by atoms with Gasteiger partial charge in [0, 0.05) is 13.6 Å². The number of carbonyl (C=O) groups excluding carboxylic acids is 2. The molecule has 0 fully saturated rings. The van der Waals surface area contributed by atoms with Crippen molar-refractivity contribution in [3.05, 3.63) is 0 Å². The molecule has 1 unspecified atom stereocenters. The molecule has 0 aliphatic rings. The van der Waals surface area contributed by atoms with Crippen molar-refractivity contribution in [2.75, 3.05) is 26.7 Å². The fourth-order valence-electron chi connectivity index (χ4n) is 1.08. The molecule has 0 aromatic rings. The molecule has 0 heterocycles.